The van der Waals surface area contributed by atoms with Crippen molar-refractivity contribution < 1.29 is 4.79 Å². The second-order valence-electron chi connectivity index (χ2n) is 6.49. The maximum absolute atomic E-state index is 12.8. The number of aryl methyl sites for hydroxylation is 1. The number of benzene rings is 1. The van der Waals surface area contributed by atoms with Gasteiger partial charge in [-0.25, -0.2) is 0 Å². The first kappa shape index (κ1) is 15.7. The largest absolute Gasteiger partial charge is 0.338 e. The topological polar surface area (TPSA) is 79.2 Å². The average molecular weight is 313 g/mol. The molecule has 1 aromatic carbocycles. The number of H-pyrrole nitrogens is 1. The van der Waals surface area contributed by atoms with Gasteiger partial charge in [-0.3, -0.25) is 9.59 Å². The summed E-state index contributed by atoms with van der Waals surface area (Å²) >= 11 is 0. The zero-order chi connectivity index (χ0) is 16.6. The summed E-state index contributed by atoms with van der Waals surface area (Å²) in [5, 5.41) is 0.918. The van der Waals surface area contributed by atoms with Crippen LogP contribution in [0.1, 0.15) is 35.7 Å². The van der Waals surface area contributed by atoms with Gasteiger partial charge in [0.2, 0.25) is 0 Å². The number of hydrogen-bond donors (Lipinski definition) is 2. The number of rotatable bonds is 2. The van der Waals surface area contributed by atoms with Crippen LogP contribution in [0.2, 0.25) is 0 Å². The molecule has 1 fully saturated rings. The van der Waals surface area contributed by atoms with Gasteiger partial charge in [-0.15, -0.1) is 0 Å². The van der Waals surface area contributed by atoms with Gasteiger partial charge in [0, 0.05) is 30.0 Å². The van der Waals surface area contributed by atoms with Crippen LogP contribution in [0.3, 0.4) is 0 Å². The van der Waals surface area contributed by atoms with Crippen molar-refractivity contribution in [3.63, 3.8) is 0 Å². The molecule has 0 spiro atoms. The van der Waals surface area contributed by atoms with Crippen LogP contribution >= 0.6 is 0 Å². The van der Waals surface area contributed by atoms with Crippen LogP contribution < -0.4 is 11.3 Å². The molecule has 2 heterocycles. The Balaban J connectivity index is 1.92. The molecule has 1 aliphatic rings. The zero-order valence-corrected chi connectivity index (χ0v) is 13.6. The van der Waals surface area contributed by atoms with Gasteiger partial charge >= 0.3 is 0 Å². The summed E-state index contributed by atoms with van der Waals surface area (Å²) in [6, 6.07) is 7.72. The van der Waals surface area contributed by atoms with Gasteiger partial charge in [0.05, 0.1) is 0 Å². The molecular formula is C18H23N3O2. The fourth-order valence-corrected chi connectivity index (χ4v) is 3.45. The maximum atomic E-state index is 12.8. The highest BCUT2D eigenvalue weighted by atomic mass is 16.2. The van der Waals surface area contributed by atoms with Crippen molar-refractivity contribution in [3.05, 3.63) is 45.7 Å². The highest BCUT2D eigenvalue weighted by Crippen LogP contribution is 2.23. The van der Waals surface area contributed by atoms with Crippen LogP contribution in [0.5, 0.6) is 0 Å². The molecule has 1 saturated heterocycles. The van der Waals surface area contributed by atoms with E-state index in [0.717, 1.165) is 29.3 Å². The molecule has 5 heteroatoms. The van der Waals surface area contributed by atoms with Crippen LogP contribution in [0.25, 0.3) is 10.9 Å². The number of nitrogens with one attached hydrogen (secondary N) is 1. The molecule has 1 aromatic heterocycles. The van der Waals surface area contributed by atoms with Crippen molar-refractivity contribution in [1.29, 1.82) is 0 Å². The van der Waals surface area contributed by atoms with Crippen molar-refractivity contribution >= 4 is 16.8 Å². The predicted molar refractivity (Wildman–Crippen MR) is 91.6 cm³/mol. The highest BCUT2D eigenvalue weighted by molar-refractivity contribution is 5.99. The van der Waals surface area contributed by atoms with Gasteiger partial charge in [-0.05, 0) is 44.2 Å². The molecule has 5 nitrogen and oxygen atoms in total. The molecule has 0 aliphatic carbocycles. The Morgan fingerprint density at radius 1 is 1.30 bits per heavy atom. The van der Waals surface area contributed by atoms with Gasteiger partial charge in [-0.2, -0.15) is 0 Å². The molecule has 3 N–H and O–H groups in total. The Hall–Kier alpha value is -2.14. The predicted octanol–water partition coefficient (Wildman–Crippen LogP) is 2.04. The molecule has 0 saturated carbocycles. The number of fused-ring (bicyclic) bond motifs is 1. The van der Waals surface area contributed by atoms with Crippen LogP contribution in [-0.4, -0.2) is 34.9 Å². The van der Waals surface area contributed by atoms with Gasteiger partial charge in [0.15, 0.2) is 0 Å². The van der Waals surface area contributed by atoms with E-state index in [1.54, 1.807) is 4.90 Å². The number of likely N-dealkylation sites (tertiary alicyclic amines) is 1. The molecule has 1 unspecified atom stereocenters. The Labute approximate surface area is 135 Å². The molecule has 1 amide bonds. The van der Waals surface area contributed by atoms with E-state index in [-0.39, 0.29) is 23.1 Å². The van der Waals surface area contributed by atoms with E-state index in [4.69, 9.17) is 5.73 Å². The standard InChI is InChI=1S/C18H23N3O2/c1-11-14-5-3-4-6-15(14)20-17(22)16(11)18(23)21-9-7-13(8-10-21)12(2)19/h3-6,12-13H,7-10,19H2,1-2H3,(H,20,22). The molecule has 122 valence electrons. The fraction of sp³-hybridized carbons (Fsp3) is 0.444. The molecule has 3 rings (SSSR count). The number of hydrogen-bond acceptors (Lipinski definition) is 3. The number of nitrogens with zero attached hydrogens (tertiary/aromatic N) is 1. The maximum Gasteiger partial charge on any atom is 0.261 e. The van der Waals surface area contributed by atoms with Gasteiger partial charge in [0.1, 0.15) is 5.56 Å². The summed E-state index contributed by atoms with van der Waals surface area (Å²) in [4.78, 5) is 29.8. The average Bonchev–Trinajstić information content (AvgIpc) is 2.54. The molecule has 0 radical (unpaired) electrons. The fourth-order valence-electron chi connectivity index (χ4n) is 3.45. The van der Waals surface area contributed by atoms with Gasteiger partial charge in [0.25, 0.3) is 11.5 Å². The number of carbonyl (C=O) groups is 1. The zero-order valence-electron chi connectivity index (χ0n) is 13.6. The Morgan fingerprint density at radius 3 is 2.61 bits per heavy atom. The minimum absolute atomic E-state index is 0.151. The smallest absolute Gasteiger partial charge is 0.261 e. The number of nitrogens with two attached hydrogens (primary N) is 1. The van der Waals surface area contributed by atoms with E-state index in [1.807, 2.05) is 38.1 Å². The summed E-state index contributed by atoms with van der Waals surface area (Å²) in [5.74, 6) is 0.285. The van der Waals surface area contributed by atoms with Crippen LogP contribution in [0, 0.1) is 12.8 Å². The van der Waals surface area contributed by atoms with Crippen molar-refractivity contribution in [3.8, 4) is 0 Å². The Morgan fingerprint density at radius 2 is 1.96 bits per heavy atom. The van der Waals surface area contributed by atoms with E-state index >= 15 is 0 Å². The third-order valence-corrected chi connectivity index (χ3v) is 4.97. The summed E-state index contributed by atoms with van der Waals surface area (Å²) in [7, 11) is 0. The Kier molecular flexibility index (Phi) is 4.22. The minimum Gasteiger partial charge on any atom is -0.338 e. The number of piperidine rings is 1. The lowest BCUT2D eigenvalue weighted by Crippen LogP contribution is -2.44. The number of carbonyl (C=O) groups excluding carboxylic acids is 1. The molecule has 0 bridgehead atoms. The quantitative estimate of drug-likeness (QED) is 0.890. The highest BCUT2D eigenvalue weighted by Gasteiger charge is 2.28. The third kappa shape index (κ3) is 2.88. The molecular weight excluding hydrogens is 290 g/mol. The van der Waals surface area contributed by atoms with E-state index in [0.29, 0.717) is 19.0 Å². The summed E-state index contributed by atoms with van der Waals surface area (Å²) in [6.07, 6.45) is 1.79. The Bertz CT molecular complexity index is 786. The minimum atomic E-state index is -0.305. The van der Waals surface area contributed by atoms with Crippen LogP contribution in [0.15, 0.2) is 29.1 Å². The van der Waals surface area contributed by atoms with Gasteiger partial charge < -0.3 is 15.6 Å². The van der Waals surface area contributed by atoms with Crippen molar-refractivity contribution in [2.45, 2.75) is 32.7 Å². The van der Waals surface area contributed by atoms with Crippen molar-refractivity contribution in [2.75, 3.05) is 13.1 Å². The normalized spacial score (nSPS) is 17.4. The lowest BCUT2D eigenvalue weighted by atomic mass is 9.90. The van der Waals surface area contributed by atoms with E-state index < -0.39 is 0 Å². The SMILES string of the molecule is Cc1c(C(=O)N2CCC(C(C)N)CC2)c(=O)[nH]c2ccccc12. The number of aromatic nitrogens is 1. The molecule has 2 aromatic rings. The number of amides is 1. The van der Waals surface area contributed by atoms with E-state index in [1.165, 1.54) is 0 Å². The first-order valence-electron chi connectivity index (χ1n) is 8.15. The van der Waals surface area contributed by atoms with E-state index in [2.05, 4.69) is 4.98 Å². The van der Waals surface area contributed by atoms with E-state index in [9.17, 15) is 9.59 Å². The molecule has 1 atom stereocenters. The molecule has 23 heavy (non-hydrogen) atoms. The van der Waals surface area contributed by atoms with Crippen molar-refractivity contribution in [1.82, 2.24) is 9.88 Å². The lowest BCUT2D eigenvalue weighted by Gasteiger charge is -2.33. The first-order chi connectivity index (χ1) is 11.0. The summed E-state index contributed by atoms with van der Waals surface area (Å²) in [6.45, 7) is 5.19. The number of pyridine rings is 1. The third-order valence-electron chi connectivity index (χ3n) is 4.97. The molecule has 1 aliphatic heterocycles. The van der Waals surface area contributed by atoms with Crippen LogP contribution in [-0.2, 0) is 0 Å². The second kappa shape index (κ2) is 6.16. The number of para-hydroxylation sites is 1. The second-order valence-corrected chi connectivity index (χ2v) is 6.49. The monoisotopic (exact) mass is 313 g/mol. The number of aromatic amines is 1. The summed E-state index contributed by atoms with van der Waals surface area (Å²) < 4.78 is 0. The summed E-state index contributed by atoms with van der Waals surface area (Å²) in [5.41, 5.74) is 7.43. The van der Waals surface area contributed by atoms with Crippen molar-refractivity contribution in [2.24, 2.45) is 11.7 Å². The lowest BCUT2D eigenvalue weighted by molar-refractivity contribution is 0.0678. The first-order valence-corrected chi connectivity index (χ1v) is 8.15. The van der Waals surface area contributed by atoms with Crippen LogP contribution in [0.4, 0.5) is 0 Å². The van der Waals surface area contributed by atoms with Gasteiger partial charge in [-0.1, -0.05) is 18.2 Å².